The van der Waals surface area contributed by atoms with Gasteiger partial charge in [-0.2, -0.15) is 0 Å². The largest absolute Gasteiger partial charge is 0.446 e. The van der Waals surface area contributed by atoms with E-state index in [-0.39, 0.29) is 30.8 Å². The number of carbonyl (C=O) groups is 1. The Labute approximate surface area is 251 Å². The molecular formula is C35H62N2O4. The van der Waals surface area contributed by atoms with E-state index in [0.717, 1.165) is 54.8 Å². The van der Waals surface area contributed by atoms with Crippen LogP contribution in [0.3, 0.4) is 0 Å². The van der Waals surface area contributed by atoms with Crippen molar-refractivity contribution in [1.82, 2.24) is 10.2 Å². The summed E-state index contributed by atoms with van der Waals surface area (Å²) in [6, 6.07) is 0. The molecule has 8 unspecified atom stereocenters. The van der Waals surface area contributed by atoms with Gasteiger partial charge < -0.3 is 20.3 Å². The van der Waals surface area contributed by atoms with Crippen LogP contribution in [0.25, 0.3) is 0 Å². The van der Waals surface area contributed by atoms with Gasteiger partial charge in [-0.3, -0.25) is 4.90 Å². The molecule has 4 aliphatic carbocycles. The van der Waals surface area contributed by atoms with Crippen LogP contribution in [0.1, 0.15) is 112 Å². The zero-order valence-corrected chi connectivity index (χ0v) is 27.0. The first-order valence-corrected chi connectivity index (χ1v) is 17.2. The van der Waals surface area contributed by atoms with Crippen molar-refractivity contribution in [2.75, 3.05) is 39.4 Å². The van der Waals surface area contributed by atoms with Gasteiger partial charge >= 0.3 is 6.09 Å². The average molecular weight is 575 g/mol. The highest BCUT2D eigenvalue weighted by Gasteiger charge is 2.58. The van der Waals surface area contributed by atoms with Gasteiger partial charge in [-0.15, -0.1) is 0 Å². The van der Waals surface area contributed by atoms with Crippen molar-refractivity contribution >= 4 is 6.09 Å². The fourth-order valence-corrected chi connectivity index (χ4v) is 10.1. The van der Waals surface area contributed by atoms with Gasteiger partial charge in [0.1, 0.15) is 6.10 Å². The summed E-state index contributed by atoms with van der Waals surface area (Å²) < 4.78 is 5.89. The minimum atomic E-state index is -0.343. The fraction of sp³-hybridized carbons (Fsp3) is 0.914. The summed E-state index contributed by atoms with van der Waals surface area (Å²) in [4.78, 5) is 14.5. The maximum Gasteiger partial charge on any atom is 0.407 e. The Hall–Kier alpha value is -1.11. The Morgan fingerprint density at radius 1 is 1.07 bits per heavy atom. The number of fused-ring (bicyclic) bond motifs is 5. The molecule has 0 bridgehead atoms. The Morgan fingerprint density at radius 2 is 1.83 bits per heavy atom. The van der Waals surface area contributed by atoms with Crippen molar-refractivity contribution in [3.05, 3.63) is 11.6 Å². The number of aliphatic hydroxyl groups excluding tert-OH is 2. The van der Waals surface area contributed by atoms with Crippen LogP contribution in [0, 0.1) is 46.3 Å². The Bertz CT molecular complexity index is 870. The highest BCUT2D eigenvalue weighted by atomic mass is 16.6. The number of rotatable bonds is 14. The Morgan fingerprint density at radius 3 is 2.51 bits per heavy atom. The zero-order valence-electron chi connectivity index (χ0n) is 27.0. The van der Waals surface area contributed by atoms with Crippen LogP contribution in [0.15, 0.2) is 11.6 Å². The number of allylic oxidation sites excluding steroid dienone is 1. The van der Waals surface area contributed by atoms with Crippen LogP contribution in [0.2, 0.25) is 0 Å². The molecule has 4 aliphatic rings. The number of carbonyl (C=O) groups excluding carboxylic acids is 1. The molecule has 0 aromatic rings. The van der Waals surface area contributed by atoms with Gasteiger partial charge in [-0.25, -0.2) is 4.79 Å². The summed E-state index contributed by atoms with van der Waals surface area (Å²) in [5.74, 6) is 5.10. The Kier molecular flexibility index (Phi) is 11.7. The molecule has 41 heavy (non-hydrogen) atoms. The van der Waals surface area contributed by atoms with Gasteiger partial charge in [0.2, 0.25) is 0 Å². The minimum Gasteiger partial charge on any atom is -0.446 e. The molecule has 0 aromatic heterocycles. The topological polar surface area (TPSA) is 82.0 Å². The van der Waals surface area contributed by atoms with Crippen LogP contribution in [-0.2, 0) is 4.74 Å². The molecule has 4 rings (SSSR count). The predicted octanol–water partition coefficient (Wildman–Crippen LogP) is 6.80. The lowest BCUT2D eigenvalue weighted by Gasteiger charge is -2.58. The number of alkyl carbamates (subject to hydrolysis) is 1. The van der Waals surface area contributed by atoms with Gasteiger partial charge in [0.15, 0.2) is 0 Å². The highest BCUT2D eigenvalue weighted by Crippen LogP contribution is 2.66. The molecule has 6 heteroatoms. The third-order valence-corrected chi connectivity index (χ3v) is 12.7. The van der Waals surface area contributed by atoms with Crippen molar-refractivity contribution in [2.45, 2.75) is 118 Å². The van der Waals surface area contributed by atoms with E-state index in [1.165, 1.54) is 57.8 Å². The maximum absolute atomic E-state index is 12.6. The average Bonchev–Trinajstić information content (AvgIpc) is 3.27. The molecular weight excluding hydrogens is 512 g/mol. The molecule has 0 radical (unpaired) electrons. The third kappa shape index (κ3) is 7.34. The van der Waals surface area contributed by atoms with Crippen LogP contribution in [0.4, 0.5) is 4.79 Å². The molecule has 0 heterocycles. The van der Waals surface area contributed by atoms with E-state index in [1.807, 2.05) is 4.90 Å². The van der Waals surface area contributed by atoms with Crippen molar-refractivity contribution in [3.8, 4) is 0 Å². The summed E-state index contributed by atoms with van der Waals surface area (Å²) in [6.45, 7) is 14.5. The highest BCUT2D eigenvalue weighted by molar-refractivity contribution is 5.67. The normalized spacial score (nSPS) is 35.4. The predicted molar refractivity (Wildman–Crippen MR) is 167 cm³/mol. The van der Waals surface area contributed by atoms with Gasteiger partial charge in [0, 0.05) is 32.6 Å². The van der Waals surface area contributed by atoms with Crippen LogP contribution in [-0.4, -0.2) is 66.7 Å². The summed E-state index contributed by atoms with van der Waals surface area (Å²) in [5, 5.41) is 21.2. The minimum absolute atomic E-state index is 0.0423. The molecule has 3 saturated carbocycles. The maximum atomic E-state index is 12.6. The lowest BCUT2D eigenvalue weighted by molar-refractivity contribution is -0.0520. The monoisotopic (exact) mass is 574 g/mol. The molecule has 8 atom stereocenters. The molecule has 0 aromatic carbocycles. The van der Waals surface area contributed by atoms with Gasteiger partial charge in [-0.1, -0.05) is 65.5 Å². The fourth-order valence-electron chi connectivity index (χ4n) is 10.1. The number of hydrogen-bond donors (Lipinski definition) is 3. The first-order valence-electron chi connectivity index (χ1n) is 17.2. The molecule has 1 amide bonds. The van der Waals surface area contributed by atoms with E-state index < -0.39 is 0 Å². The second kappa shape index (κ2) is 14.6. The van der Waals surface area contributed by atoms with Crippen molar-refractivity contribution in [1.29, 1.82) is 0 Å². The molecule has 3 N–H and O–H groups in total. The molecule has 236 valence electrons. The number of nitrogens with one attached hydrogen (secondary N) is 1. The second-order valence-electron chi connectivity index (χ2n) is 14.9. The number of hydrogen-bond acceptors (Lipinski definition) is 5. The molecule has 6 nitrogen and oxygen atoms in total. The lowest BCUT2D eigenvalue weighted by Crippen LogP contribution is -2.50. The molecule has 0 aliphatic heterocycles. The summed E-state index contributed by atoms with van der Waals surface area (Å²) in [6.07, 6.45) is 17.6. The number of amides is 1. The van der Waals surface area contributed by atoms with E-state index in [2.05, 4.69) is 46.0 Å². The standard InChI is InChI=1S/C35H62N2O4/c1-6-26(25(2)3)8-7-9-27-11-13-31-30-12-10-28-24-29(14-16-35(28,5)32(30)15-17-34(27,31)4)41-33(40)36-18-19-37(20-22-38)21-23-39/h10,25-27,29-32,38-39H,6-9,11-24H2,1-5H3,(H,36,40). The van der Waals surface area contributed by atoms with E-state index in [9.17, 15) is 15.0 Å². The first-order chi connectivity index (χ1) is 19.7. The zero-order chi connectivity index (χ0) is 29.6. The van der Waals surface area contributed by atoms with Crippen LogP contribution < -0.4 is 5.32 Å². The van der Waals surface area contributed by atoms with Crippen molar-refractivity contribution < 1.29 is 19.7 Å². The SMILES string of the molecule is CCC(CCCC1CCC2C3CC=C4CC(OC(=O)NCCN(CCO)CCO)CCC4(C)C3CCC12C)C(C)C. The number of ether oxygens (including phenoxy) is 1. The first kappa shape index (κ1) is 32.8. The van der Waals surface area contributed by atoms with Crippen LogP contribution in [0.5, 0.6) is 0 Å². The van der Waals surface area contributed by atoms with Gasteiger partial charge in [0.05, 0.1) is 13.2 Å². The summed E-state index contributed by atoms with van der Waals surface area (Å²) >= 11 is 0. The Balaban J connectivity index is 1.29. The molecule has 0 spiro atoms. The van der Waals surface area contributed by atoms with E-state index in [1.54, 1.807) is 5.57 Å². The molecule has 0 saturated heterocycles. The number of nitrogens with zero attached hydrogens (tertiary/aromatic N) is 1. The van der Waals surface area contributed by atoms with Gasteiger partial charge in [-0.05, 0) is 97.7 Å². The number of aliphatic hydroxyl groups is 2. The smallest absolute Gasteiger partial charge is 0.407 e. The quantitative estimate of drug-likeness (QED) is 0.199. The second-order valence-corrected chi connectivity index (χ2v) is 14.9. The summed E-state index contributed by atoms with van der Waals surface area (Å²) in [7, 11) is 0. The van der Waals surface area contributed by atoms with E-state index in [0.29, 0.717) is 31.6 Å². The van der Waals surface area contributed by atoms with E-state index in [4.69, 9.17) is 4.74 Å². The van der Waals surface area contributed by atoms with Crippen molar-refractivity contribution in [3.63, 3.8) is 0 Å². The molecule has 3 fully saturated rings. The van der Waals surface area contributed by atoms with Crippen molar-refractivity contribution in [2.24, 2.45) is 46.3 Å². The van der Waals surface area contributed by atoms with Gasteiger partial charge in [0.25, 0.3) is 0 Å². The lowest BCUT2D eigenvalue weighted by atomic mass is 9.47. The third-order valence-electron chi connectivity index (χ3n) is 12.7. The summed E-state index contributed by atoms with van der Waals surface area (Å²) in [5.41, 5.74) is 2.35. The van der Waals surface area contributed by atoms with E-state index >= 15 is 0 Å². The van der Waals surface area contributed by atoms with Crippen LogP contribution >= 0.6 is 0 Å².